The third-order valence-electron chi connectivity index (χ3n) is 4.72. The highest BCUT2D eigenvalue weighted by molar-refractivity contribution is 5.71. The van der Waals surface area contributed by atoms with E-state index in [9.17, 15) is 0 Å². The molecule has 0 N–H and O–H groups in total. The minimum Gasteiger partial charge on any atom is -0.0801 e. The summed E-state index contributed by atoms with van der Waals surface area (Å²) >= 11 is 0. The van der Waals surface area contributed by atoms with Crippen LogP contribution in [0.15, 0.2) is 97.1 Å². The molecule has 0 fully saturated rings. The van der Waals surface area contributed by atoms with Gasteiger partial charge in [0.2, 0.25) is 0 Å². The highest BCUT2D eigenvalue weighted by Crippen LogP contribution is 2.24. The molecule has 0 aliphatic heterocycles. The van der Waals surface area contributed by atoms with Gasteiger partial charge in [-0.3, -0.25) is 0 Å². The average Bonchev–Trinajstić information content (AvgIpc) is 3.18. The Hall–Kier alpha value is -2.86. The fraction of sp³-hybridized carbons (Fsp3) is 0.120. The molecule has 0 radical (unpaired) electrons. The van der Waals surface area contributed by atoms with Crippen LogP contribution in [-0.2, 0) is 12.8 Å². The van der Waals surface area contributed by atoms with Crippen LogP contribution in [0.4, 0.5) is 0 Å². The van der Waals surface area contributed by atoms with Crippen molar-refractivity contribution in [3.05, 3.63) is 125 Å². The molecule has 4 rings (SSSR count). The Morgan fingerprint density at radius 2 is 1.24 bits per heavy atom. The van der Waals surface area contributed by atoms with Crippen LogP contribution in [0.1, 0.15) is 34.2 Å². The van der Waals surface area contributed by atoms with E-state index in [1.54, 1.807) is 0 Å². The third kappa shape index (κ3) is 3.97. The number of benzene rings is 3. The molecule has 0 amide bonds. The lowest BCUT2D eigenvalue weighted by Gasteiger charge is -2.08. The quantitative estimate of drug-likeness (QED) is 0.524. The van der Waals surface area contributed by atoms with Gasteiger partial charge in [-0.25, -0.2) is 0 Å². The van der Waals surface area contributed by atoms with Gasteiger partial charge in [0.05, 0.1) is 0 Å². The molecular formula is C25H22. The summed E-state index contributed by atoms with van der Waals surface area (Å²) in [5, 5.41) is 0. The van der Waals surface area contributed by atoms with Crippen molar-refractivity contribution in [2.45, 2.75) is 19.3 Å². The topological polar surface area (TPSA) is 0 Å². The van der Waals surface area contributed by atoms with Gasteiger partial charge in [-0.1, -0.05) is 97.1 Å². The van der Waals surface area contributed by atoms with Crippen molar-refractivity contribution in [1.29, 1.82) is 0 Å². The maximum atomic E-state index is 2.34. The van der Waals surface area contributed by atoms with Gasteiger partial charge in [0.15, 0.2) is 0 Å². The summed E-state index contributed by atoms with van der Waals surface area (Å²) in [6.45, 7) is 0. The van der Waals surface area contributed by atoms with E-state index in [2.05, 4.69) is 97.1 Å². The maximum absolute atomic E-state index is 2.34. The van der Waals surface area contributed by atoms with Crippen molar-refractivity contribution >= 4 is 5.57 Å². The predicted octanol–water partition coefficient (Wildman–Crippen LogP) is 6.21. The molecule has 1 aliphatic rings. The first-order valence-corrected chi connectivity index (χ1v) is 8.93. The summed E-state index contributed by atoms with van der Waals surface area (Å²) in [7, 11) is 0. The monoisotopic (exact) mass is 322 g/mol. The fourth-order valence-corrected chi connectivity index (χ4v) is 3.46. The van der Waals surface area contributed by atoms with Gasteiger partial charge < -0.3 is 0 Å². The third-order valence-corrected chi connectivity index (χ3v) is 4.72. The standard InChI is InChI=1S/C25H22/c1-2-8-20(9-3-1)16-21-10-6-11-22(17-21)18-23-12-7-15-25(19-23)24-13-4-5-14-24/h1-13,15,17,19H,14,16,18H2. The first-order chi connectivity index (χ1) is 12.4. The van der Waals surface area contributed by atoms with Gasteiger partial charge >= 0.3 is 0 Å². The van der Waals surface area contributed by atoms with E-state index in [-0.39, 0.29) is 0 Å². The Morgan fingerprint density at radius 1 is 0.600 bits per heavy atom. The zero-order valence-corrected chi connectivity index (χ0v) is 14.4. The first kappa shape index (κ1) is 15.7. The first-order valence-electron chi connectivity index (χ1n) is 8.93. The van der Waals surface area contributed by atoms with Crippen LogP contribution in [0.5, 0.6) is 0 Å². The summed E-state index contributed by atoms with van der Waals surface area (Å²) in [5.74, 6) is 0. The van der Waals surface area contributed by atoms with Gasteiger partial charge in [0, 0.05) is 0 Å². The zero-order valence-electron chi connectivity index (χ0n) is 14.4. The summed E-state index contributed by atoms with van der Waals surface area (Å²) in [5.41, 5.74) is 8.26. The van der Waals surface area contributed by atoms with Crippen LogP contribution >= 0.6 is 0 Å². The van der Waals surface area contributed by atoms with E-state index in [1.165, 1.54) is 33.4 Å². The van der Waals surface area contributed by atoms with Gasteiger partial charge in [-0.15, -0.1) is 0 Å². The summed E-state index contributed by atoms with van der Waals surface area (Å²) in [4.78, 5) is 0. The van der Waals surface area contributed by atoms with Crippen molar-refractivity contribution in [3.63, 3.8) is 0 Å². The van der Waals surface area contributed by atoms with Gasteiger partial charge in [0.1, 0.15) is 0 Å². The largest absolute Gasteiger partial charge is 0.0801 e. The smallest absolute Gasteiger partial charge is 0.00255 e. The Kier molecular flexibility index (Phi) is 4.61. The molecule has 122 valence electrons. The summed E-state index contributed by atoms with van der Waals surface area (Å²) < 4.78 is 0. The number of hydrogen-bond donors (Lipinski definition) is 0. The van der Waals surface area contributed by atoms with Crippen molar-refractivity contribution in [1.82, 2.24) is 0 Å². The molecule has 0 heterocycles. The van der Waals surface area contributed by atoms with Crippen LogP contribution in [0.25, 0.3) is 5.57 Å². The van der Waals surface area contributed by atoms with Gasteiger partial charge in [-0.2, -0.15) is 0 Å². The second kappa shape index (κ2) is 7.36. The van der Waals surface area contributed by atoms with Crippen LogP contribution in [0, 0.1) is 0 Å². The number of allylic oxidation sites excluding steroid dienone is 4. The SMILES string of the molecule is C1=CCC(c2cccc(Cc3cccc(Cc4ccccc4)c3)c2)=C1. The lowest BCUT2D eigenvalue weighted by Crippen LogP contribution is -1.93. The molecule has 0 nitrogen and oxygen atoms in total. The molecular weight excluding hydrogens is 300 g/mol. The highest BCUT2D eigenvalue weighted by Gasteiger charge is 2.05. The van der Waals surface area contributed by atoms with Gasteiger partial charge in [0.25, 0.3) is 0 Å². The van der Waals surface area contributed by atoms with Crippen LogP contribution in [-0.4, -0.2) is 0 Å². The molecule has 0 saturated carbocycles. The Balaban J connectivity index is 1.51. The lowest BCUT2D eigenvalue weighted by atomic mass is 9.97. The second-order valence-electron chi connectivity index (χ2n) is 6.68. The number of hydrogen-bond acceptors (Lipinski definition) is 0. The molecule has 1 aliphatic carbocycles. The zero-order chi connectivity index (χ0) is 16.9. The van der Waals surface area contributed by atoms with Crippen molar-refractivity contribution in [2.24, 2.45) is 0 Å². The second-order valence-corrected chi connectivity index (χ2v) is 6.68. The van der Waals surface area contributed by atoms with Crippen molar-refractivity contribution in [2.75, 3.05) is 0 Å². The summed E-state index contributed by atoms with van der Waals surface area (Å²) in [6.07, 6.45) is 9.62. The molecule has 0 aromatic heterocycles. The van der Waals surface area contributed by atoms with E-state index in [4.69, 9.17) is 0 Å². The Morgan fingerprint density at radius 3 is 1.96 bits per heavy atom. The van der Waals surface area contributed by atoms with E-state index in [1.807, 2.05) is 0 Å². The molecule has 0 bridgehead atoms. The van der Waals surface area contributed by atoms with E-state index in [0.717, 1.165) is 19.3 Å². The average molecular weight is 322 g/mol. The van der Waals surface area contributed by atoms with E-state index in [0.29, 0.717) is 0 Å². The molecule has 25 heavy (non-hydrogen) atoms. The van der Waals surface area contributed by atoms with E-state index < -0.39 is 0 Å². The number of rotatable bonds is 5. The van der Waals surface area contributed by atoms with Crippen LogP contribution in [0.3, 0.4) is 0 Å². The van der Waals surface area contributed by atoms with Crippen molar-refractivity contribution < 1.29 is 0 Å². The lowest BCUT2D eigenvalue weighted by molar-refractivity contribution is 1.14. The van der Waals surface area contributed by atoms with Crippen LogP contribution < -0.4 is 0 Å². The molecule has 3 aromatic rings. The summed E-state index contributed by atoms with van der Waals surface area (Å²) in [6, 6.07) is 28.6. The molecule has 0 unspecified atom stereocenters. The van der Waals surface area contributed by atoms with Crippen LogP contribution in [0.2, 0.25) is 0 Å². The Bertz CT molecular complexity index is 914. The molecule has 0 heteroatoms. The predicted molar refractivity (Wildman–Crippen MR) is 107 cm³/mol. The van der Waals surface area contributed by atoms with E-state index >= 15 is 0 Å². The highest BCUT2D eigenvalue weighted by atomic mass is 14.1. The minimum absolute atomic E-state index is 0.983. The normalized spacial score (nSPS) is 13.0. The molecule has 3 aromatic carbocycles. The maximum Gasteiger partial charge on any atom is -0.00255 e. The minimum atomic E-state index is 0.983. The van der Waals surface area contributed by atoms with Crippen molar-refractivity contribution in [3.8, 4) is 0 Å². The Labute approximate surface area is 150 Å². The molecule has 0 spiro atoms. The molecule has 0 saturated heterocycles. The van der Waals surface area contributed by atoms with Gasteiger partial charge in [-0.05, 0) is 52.7 Å². The fourth-order valence-electron chi connectivity index (χ4n) is 3.46. The molecule has 0 atom stereocenters.